The van der Waals surface area contributed by atoms with E-state index in [2.05, 4.69) is 55.7 Å². The standard InChI is InChI=1S/C22H27ClN3O2Si/c1-21(2,3)29(6)28-14-22(4,5)26-13-17(16-12-24-9-8-19(16)26)20(27)18-11-15(23)7-10-25-18/h7-13H,14H2,1-6H3. The van der Waals surface area contributed by atoms with E-state index in [0.29, 0.717) is 22.9 Å². The monoisotopic (exact) mass is 428 g/mol. The smallest absolute Gasteiger partial charge is 0.213 e. The average molecular weight is 429 g/mol. The molecule has 0 amide bonds. The molecule has 3 heterocycles. The van der Waals surface area contributed by atoms with E-state index in [1.54, 1.807) is 30.7 Å². The number of ketones is 1. The Morgan fingerprint density at radius 2 is 1.93 bits per heavy atom. The lowest BCUT2D eigenvalue weighted by Crippen LogP contribution is -2.36. The number of hydrogen-bond donors (Lipinski definition) is 0. The molecule has 0 aliphatic rings. The van der Waals surface area contributed by atoms with Gasteiger partial charge in [0.05, 0.1) is 23.2 Å². The van der Waals surface area contributed by atoms with Gasteiger partial charge in [0, 0.05) is 35.2 Å². The minimum Gasteiger partial charge on any atom is -0.414 e. The van der Waals surface area contributed by atoms with Crippen LogP contribution in [0.5, 0.6) is 0 Å². The van der Waals surface area contributed by atoms with E-state index in [0.717, 1.165) is 10.9 Å². The van der Waals surface area contributed by atoms with Crippen molar-refractivity contribution in [3.63, 3.8) is 0 Å². The molecule has 7 heteroatoms. The number of aromatic nitrogens is 3. The van der Waals surface area contributed by atoms with Crippen molar-refractivity contribution in [3.05, 3.63) is 59.3 Å². The summed E-state index contributed by atoms with van der Waals surface area (Å²) in [6.07, 6.45) is 6.90. The minimum atomic E-state index is -0.972. The van der Waals surface area contributed by atoms with Crippen LogP contribution in [0.25, 0.3) is 10.9 Å². The first-order chi connectivity index (χ1) is 13.5. The molecular weight excluding hydrogens is 402 g/mol. The summed E-state index contributed by atoms with van der Waals surface area (Å²) in [4.78, 5) is 21.6. The van der Waals surface area contributed by atoms with Gasteiger partial charge in [-0.2, -0.15) is 0 Å². The Labute approximate surface area is 178 Å². The molecule has 0 aliphatic heterocycles. The Hall–Kier alpha value is -2.02. The lowest BCUT2D eigenvalue weighted by atomic mass is 10.1. The summed E-state index contributed by atoms with van der Waals surface area (Å²) in [7, 11) is -0.972. The second-order valence-corrected chi connectivity index (χ2v) is 12.2. The van der Waals surface area contributed by atoms with Gasteiger partial charge < -0.3 is 8.99 Å². The van der Waals surface area contributed by atoms with Gasteiger partial charge in [-0.1, -0.05) is 32.4 Å². The van der Waals surface area contributed by atoms with Crippen LogP contribution in [0.3, 0.4) is 0 Å². The van der Waals surface area contributed by atoms with Crippen LogP contribution in [0.2, 0.25) is 16.6 Å². The maximum absolute atomic E-state index is 13.2. The van der Waals surface area contributed by atoms with Crippen LogP contribution < -0.4 is 0 Å². The summed E-state index contributed by atoms with van der Waals surface area (Å²) in [6, 6.07) is 5.18. The molecule has 0 saturated heterocycles. The van der Waals surface area contributed by atoms with Gasteiger partial charge in [-0.3, -0.25) is 14.8 Å². The summed E-state index contributed by atoms with van der Waals surface area (Å²) in [5.41, 5.74) is 1.49. The highest BCUT2D eigenvalue weighted by Crippen LogP contribution is 2.32. The van der Waals surface area contributed by atoms with Gasteiger partial charge in [0.15, 0.2) is 0 Å². The molecule has 3 aromatic rings. The summed E-state index contributed by atoms with van der Waals surface area (Å²) in [6.45, 7) is 13.6. The van der Waals surface area contributed by atoms with Gasteiger partial charge in [-0.05, 0) is 43.6 Å². The Kier molecular flexibility index (Phi) is 5.99. The molecule has 0 aromatic carbocycles. The molecule has 153 valence electrons. The van der Waals surface area contributed by atoms with Crippen molar-refractivity contribution >= 4 is 37.3 Å². The third-order valence-corrected chi connectivity index (χ3v) is 8.08. The first-order valence-electron chi connectivity index (χ1n) is 9.59. The molecular formula is C22H27ClN3O2Si. The SMILES string of the molecule is C[Si](OCC(C)(C)n1cc(C(=O)c2cc(Cl)ccn2)c2cnccc21)C(C)(C)C. The Bertz CT molecular complexity index is 1040. The Morgan fingerprint density at radius 3 is 2.59 bits per heavy atom. The van der Waals surface area contributed by atoms with Crippen LogP contribution >= 0.6 is 11.6 Å². The number of fused-ring (bicyclic) bond motifs is 1. The van der Waals surface area contributed by atoms with Gasteiger partial charge in [-0.25, -0.2) is 0 Å². The molecule has 0 aliphatic carbocycles. The number of carbonyl (C=O) groups is 1. The average Bonchev–Trinajstić information content (AvgIpc) is 3.05. The molecule has 0 unspecified atom stereocenters. The number of halogens is 1. The number of nitrogens with zero attached hydrogens (tertiary/aromatic N) is 3. The molecule has 0 atom stereocenters. The molecule has 1 radical (unpaired) electrons. The normalized spacial score (nSPS) is 12.7. The van der Waals surface area contributed by atoms with Gasteiger partial charge >= 0.3 is 0 Å². The second kappa shape index (κ2) is 8.01. The summed E-state index contributed by atoms with van der Waals surface area (Å²) >= 11 is 6.06. The van der Waals surface area contributed by atoms with Crippen LogP contribution in [0.1, 0.15) is 50.7 Å². The molecule has 5 nitrogen and oxygen atoms in total. The fourth-order valence-corrected chi connectivity index (χ4v) is 4.15. The maximum Gasteiger partial charge on any atom is 0.213 e. The molecule has 0 bridgehead atoms. The zero-order valence-corrected chi connectivity index (χ0v) is 19.5. The summed E-state index contributed by atoms with van der Waals surface area (Å²) in [5.74, 6) is -0.170. The lowest BCUT2D eigenvalue weighted by Gasteiger charge is -2.32. The highest BCUT2D eigenvalue weighted by molar-refractivity contribution is 6.53. The highest BCUT2D eigenvalue weighted by Gasteiger charge is 2.30. The van der Waals surface area contributed by atoms with E-state index in [1.807, 2.05) is 12.3 Å². The van der Waals surface area contributed by atoms with Crippen molar-refractivity contribution in [2.45, 2.75) is 51.7 Å². The van der Waals surface area contributed by atoms with Crippen LogP contribution in [-0.4, -0.2) is 36.0 Å². The molecule has 0 spiro atoms. The molecule has 0 saturated carbocycles. The van der Waals surface area contributed by atoms with Gasteiger partial charge in [-0.15, -0.1) is 0 Å². The Balaban J connectivity index is 2.00. The van der Waals surface area contributed by atoms with Crippen LogP contribution in [0.4, 0.5) is 0 Å². The van der Waals surface area contributed by atoms with Crippen molar-refractivity contribution in [1.82, 2.24) is 14.5 Å². The summed E-state index contributed by atoms with van der Waals surface area (Å²) < 4.78 is 8.41. The second-order valence-electron chi connectivity index (χ2n) is 8.90. The van der Waals surface area contributed by atoms with Gasteiger partial charge in [0.1, 0.15) is 5.69 Å². The molecule has 29 heavy (non-hydrogen) atoms. The number of hydrogen-bond acceptors (Lipinski definition) is 4. The highest BCUT2D eigenvalue weighted by atomic mass is 35.5. The first kappa shape index (κ1) is 21.7. The van der Waals surface area contributed by atoms with E-state index in [-0.39, 0.29) is 16.4 Å². The third kappa shape index (κ3) is 4.60. The minimum absolute atomic E-state index is 0.156. The molecule has 3 aromatic heterocycles. The van der Waals surface area contributed by atoms with E-state index in [1.165, 1.54) is 0 Å². The van der Waals surface area contributed by atoms with Crippen molar-refractivity contribution in [3.8, 4) is 0 Å². The molecule has 3 rings (SSSR count). The number of rotatable bonds is 6. The van der Waals surface area contributed by atoms with Crippen LogP contribution in [-0.2, 0) is 9.96 Å². The van der Waals surface area contributed by atoms with E-state index in [4.69, 9.17) is 16.0 Å². The van der Waals surface area contributed by atoms with Gasteiger partial charge in [0.25, 0.3) is 0 Å². The number of pyridine rings is 2. The number of carbonyl (C=O) groups excluding carboxylic acids is 1. The van der Waals surface area contributed by atoms with Gasteiger partial charge in [0.2, 0.25) is 14.8 Å². The fraction of sp³-hybridized carbons (Fsp3) is 0.409. The largest absolute Gasteiger partial charge is 0.414 e. The van der Waals surface area contributed by atoms with Crippen molar-refractivity contribution in [2.75, 3.05) is 6.61 Å². The van der Waals surface area contributed by atoms with Crippen LogP contribution in [0, 0.1) is 0 Å². The molecule has 0 fully saturated rings. The summed E-state index contributed by atoms with van der Waals surface area (Å²) in [5, 5.41) is 1.44. The van der Waals surface area contributed by atoms with E-state index >= 15 is 0 Å². The van der Waals surface area contributed by atoms with Crippen molar-refractivity contribution in [2.24, 2.45) is 0 Å². The maximum atomic E-state index is 13.2. The third-order valence-electron chi connectivity index (χ3n) is 5.16. The fourth-order valence-electron chi connectivity index (χ4n) is 2.99. The predicted octanol–water partition coefficient (Wildman–Crippen LogP) is 5.49. The zero-order valence-electron chi connectivity index (χ0n) is 17.8. The zero-order chi connectivity index (χ0) is 21.4. The Morgan fingerprint density at radius 1 is 1.21 bits per heavy atom. The quantitative estimate of drug-likeness (QED) is 0.384. The van der Waals surface area contributed by atoms with E-state index < -0.39 is 9.04 Å². The van der Waals surface area contributed by atoms with E-state index in [9.17, 15) is 4.79 Å². The van der Waals surface area contributed by atoms with Crippen molar-refractivity contribution in [1.29, 1.82) is 0 Å². The van der Waals surface area contributed by atoms with Crippen molar-refractivity contribution < 1.29 is 9.22 Å². The lowest BCUT2D eigenvalue weighted by molar-refractivity contribution is 0.103. The predicted molar refractivity (Wildman–Crippen MR) is 119 cm³/mol. The first-order valence-corrected chi connectivity index (χ1v) is 11.9. The molecule has 0 N–H and O–H groups in total. The topological polar surface area (TPSA) is 57.0 Å². The van der Waals surface area contributed by atoms with Crippen LogP contribution in [0.15, 0.2) is 43.0 Å².